The van der Waals surface area contributed by atoms with Gasteiger partial charge in [-0.2, -0.15) is 0 Å². The average molecular weight is 757 g/mol. The fourth-order valence-electron chi connectivity index (χ4n) is 8.65. The minimum Gasteiger partial charge on any atom is -0.489 e. The van der Waals surface area contributed by atoms with Gasteiger partial charge in [0.15, 0.2) is 5.78 Å². The molecule has 56 heavy (non-hydrogen) atoms. The molecular weight excluding hydrogens is 701 g/mol. The van der Waals surface area contributed by atoms with Crippen LogP contribution in [0.1, 0.15) is 98.0 Å². The van der Waals surface area contributed by atoms with E-state index in [1.54, 1.807) is 6.08 Å². The van der Waals surface area contributed by atoms with Crippen LogP contribution in [0.15, 0.2) is 86.0 Å². The molecule has 0 bridgehead atoms. The van der Waals surface area contributed by atoms with Crippen molar-refractivity contribution in [1.82, 2.24) is 9.88 Å². The Morgan fingerprint density at radius 3 is 2.41 bits per heavy atom. The lowest BCUT2D eigenvalue weighted by atomic mass is 9.81. The molecule has 7 rings (SSSR count). The van der Waals surface area contributed by atoms with Crippen LogP contribution in [0, 0.1) is 0 Å². The summed E-state index contributed by atoms with van der Waals surface area (Å²) in [6.45, 7) is 12.3. The Bertz CT molecular complexity index is 2040. The van der Waals surface area contributed by atoms with Crippen molar-refractivity contribution < 1.29 is 23.9 Å². The molecule has 9 heteroatoms. The Hall–Kier alpha value is -5.15. The van der Waals surface area contributed by atoms with Gasteiger partial charge in [-0.1, -0.05) is 43.5 Å². The largest absolute Gasteiger partial charge is 0.489 e. The topological polar surface area (TPSA) is 93.1 Å². The highest BCUT2D eigenvalue weighted by Gasteiger charge is 2.28. The maximum absolute atomic E-state index is 13.5. The van der Waals surface area contributed by atoms with Gasteiger partial charge in [-0.3, -0.25) is 14.4 Å². The SMILES string of the molecule is C=CCCCC(=O)c1ccc2c(C3CCCCC3)c(-c3ccc(OCc4cc(N5CCCC5=O)ccc4N4CCOCC4)cc3)n(CC(=O)NCCC=C)c2c1. The van der Waals surface area contributed by atoms with Crippen LogP contribution in [0.5, 0.6) is 5.75 Å². The Morgan fingerprint density at radius 2 is 1.68 bits per heavy atom. The number of ether oxygens (including phenoxy) is 2. The first-order valence-electron chi connectivity index (χ1n) is 20.6. The highest BCUT2D eigenvalue weighted by molar-refractivity contribution is 6.02. The molecule has 3 heterocycles. The number of Topliss-reactive ketones (excluding diaryl/α,β-unsaturated/α-hetero) is 1. The minimum atomic E-state index is -0.0724. The van der Waals surface area contributed by atoms with Crippen molar-refractivity contribution in [2.75, 3.05) is 49.2 Å². The molecule has 3 aliphatic rings. The van der Waals surface area contributed by atoms with Crippen LogP contribution in [0.2, 0.25) is 0 Å². The highest BCUT2D eigenvalue weighted by atomic mass is 16.5. The van der Waals surface area contributed by atoms with Gasteiger partial charge in [0, 0.05) is 72.4 Å². The molecule has 2 aliphatic heterocycles. The van der Waals surface area contributed by atoms with E-state index in [0.29, 0.717) is 57.1 Å². The Morgan fingerprint density at radius 1 is 0.893 bits per heavy atom. The minimum absolute atomic E-state index is 0.0724. The summed E-state index contributed by atoms with van der Waals surface area (Å²) in [7, 11) is 0. The number of benzene rings is 3. The van der Waals surface area contributed by atoms with Crippen molar-refractivity contribution in [1.29, 1.82) is 0 Å². The monoisotopic (exact) mass is 756 g/mol. The molecule has 9 nitrogen and oxygen atoms in total. The lowest BCUT2D eigenvalue weighted by molar-refractivity contribution is -0.121. The lowest BCUT2D eigenvalue weighted by Crippen LogP contribution is -2.37. The molecular formula is C47H56N4O5. The smallest absolute Gasteiger partial charge is 0.239 e. The Labute approximate surface area is 331 Å². The summed E-state index contributed by atoms with van der Waals surface area (Å²) >= 11 is 0. The van der Waals surface area contributed by atoms with Crippen molar-refractivity contribution in [3.63, 3.8) is 0 Å². The van der Waals surface area contributed by atoms with E-state index >= 15 is 0 Å². The Kier molecular flexibility index (Phi) is 13.0. The van der Waals surface area contributed by atoms with Crippen molar-refractivity contribution in [3.05, 3.63) is 103 Å². The quantitative estimate of drug-likeness (QED) is 0.0657. The predicted octanol–water partition coefficient (Wildman–Crippen LogP) is 9.13. The summed E-state index contributed by atoms with van der Waals surface area (Å²) in [5.41, 5.74) is 7.95. The number of ketones is 1. The summed E-state index contributed by atoms with van der Waals surface area (Å²) in [5, 5.41) is 4.18. The molecule has 3 aromatic carbocycles. The van der Waals surface area contributed by atoms with Crippen LogP contribution in [0.3, 0.4) is 0 Å². The molecule has 2 saturated heterocycles. The van der Waals surface area contributed by atoms with Crippen molar-refractivity contribution >= 4 is 39.9 Å². The Balaban J connectivity index is 1.23. The maximum atomic E-state index is 13.5. The van der Waals surface area contributed by atoms with Gasteiger partial charge < -0.3 is 29.2 Å². The van der Waals surface area contributed by atoms with E-state index in [9.17, 15) is 14.4 Å². The molecule has 4 aromatic rings. The first kappa shape index (κ1) is 39.1. The molecule has 294 valence electrons. The predicted molar refractivity (Wildman–Crippen MR) is 225 cm³/mol. The molecule has 0 spiro atoms. The lowest BCUT2D eigenvalue weighted by Gasteiger charge is -2.31. The number of carbonyl (C=O) groups is 3. The number of unbranched alkanes of at least 4 members (excludes halogenated alkanes) is 1. The van der Waals surface area contributed by atoms with Crippen molar-refractivity contribution in [2.45, 2.75) is 89.7 Å². The number of anilines is 2. The zero-order valence-electron chi connectivity index (χ0n) is 32.7. The second kappa shape index (κ2) is 18.7. The fraction of sp³-hybridized carbons (Fsp3) is 0.426. The number of hydrogen-bond acceptors (Lipinski definition) is 6. The first-order valence-corrected chi connectivity index (χ1v) is 20.6. The van der Waals surface area contributed by atoms with Crippen LogP contribution >= 0.6 is 0 Å². The number of amides is 2. The van der Waals surface area contributed by atoms with Crippen LogP contribution in [-0.4, -0.2) is 61.6 Å². The highest BCUT2D eigenvalue weighted by Crippen LogP contribution is 2.45. The van der Waals surface area contributed by atoms with Crippen molar-refractivity contribution in [3.8, 4) is 17.0 Å². The summed E-state index contributed by atoms with van der Waals surface area (Å²) < 4.78 is 14.3. The number of allylic oxidation sites excluding steroid dienone is 1. The van der Waals surface area contributed by atoms with Crippen LogP contribution < -0.4 is 19.9 Å². The third kappa shape index (κ3) is 8.94. The molecule has 0 radical (unpaired) electrons. The summed E-state index contributed by atoms with van der Waals surface area (Å²) in [6.07, 6.45) is 13.6. The zero-order chi connectivity index (χ0) is 38.9. The van der Waals surface area contributed by atoms with E-state index in [1.807, 2.05) is 35.2 Å². The molecule has 1 saturated carbocycles. The van der Waals surface area contributed by atoms with Gasteiger partial charge >= 0.3 is 0 Å². The summed E-state index contributed by atoms with van der Waals surface area (Å²) in [4.78, 5) is 43.8. The fourth-order valence-corrected chi connectivity index (χ4v) is 8.65. The number of nitrogens with zero attached hydrogens (tertiary/aromatic N) is 3. The second-order valence-corrected chi connectivity index (χ2v) is 15.3. The van der Waals surface area contributed by atoms with Gasteiger partial charge in [0.1, 0.15) is 18.9 Å². The number of aromatic nitrogens is 1. The van der Waals surface area contributed by atoms with E-state index in [4.69, 9.17) is 9.47 Å². The number of rotatable bonds is 17. The van der Waals surface area contributed by atoms with Crippen LogP contribution in [0.25, 0.3) is 22.2 Å². The van der Waals surface area contributed by atoms with Gasteiger partial charge in [-0.05, 0) is 104 Å². The van der Waals surface area contributed by atoms with Gasteiger partial charge in [-0.15, -0.1) is 13.2 Å². The number of morpholine rings is 1. The van der Waals surface area contributed by atoms with E-state index in [-0.39, 0.29) is 24.1 Å². The number of carbonyl (C=O) groups excluding carboxylic acids is 3. The van der Waals surface area contributed by atoms with E-state index in [1.165, 1.54) is 24.8 Å². The van der Waals surface area contributed by atoms with Gasteiger partial charge in [0.05, 0.1) is 18.9 Å². The second-order valence-electron chi connectivity index (χ2n) is 15.3. The van der Waals surface area contributed by atoms with E-state index < -0.39 is 0 Å². The number of nitrogens with one attached hydrogen (secondary N) is 1. The van der Waals surface area contributed by atoms with Gasteiger partial charge in [-0.25, -0.2) is 0 Å². The van der Waals surface area contributed by atoms with Crippen molar-refractivity contribution in [2.24, 2.45) is 0 Å². The van der Waals surface area contributed by atoms with Gasteiger partial charge in [0.25, 0.3) is 0 Å². The summed E-state index contributed by atoms with van der Waals surface area (Å²) in [6, 6.07) is 20.6. The number of hydrogen-bond donors (Lipinski definition) is 1. The van der Waals surface area contributed by atoms with Crippen LogP contribution in [-0.2, 0) is 27.5 Å². The molecule has 1 aliphatic carbocycles. The molecule has 1 N–H and O–H groups in total. The normalized spacial score (nSPS) is 16.3. The maximum Gasteiger partial charge on any atom is 0.239 e. The zero-order valence-corrected chi connectivity index (χ0v) is 32.7. The third-order valence-corrected chi connectivity index (χ3v) is 11.5. The first-order chi connectivity index (χ1) is 27.4. The molecule has 0 atom stereocenters. The summed E-state index contributed by atoms with van der Waals surface area (Å²) in [5.74, 6) is 1.29. The van der Waals surface area contributed by atoms with Crippen LogP contribution in [0.4, 0.5) is 11.4 Å². The molecule has 0 unspecified atom stereocenters. The molecule has 3 fully saturated rings. The molecule has 2 amide bonds. The van der Waals surface area contributed by atoms with E-state index in [0.717, 1.165) is 96.6 Å². The average Bonchev–Trinajstić information content (AvgIpc) is 3.81. The number of fused-ring (bicyclic) bond motifs is 1. The molecule has 1 aromatic heterocycles. The van der Waals surface area contributed by atoms with E-state index in [2.05, 4.69) is 64.3 Å². The standard InChI is InChI=1S/C47H56N4O5/c1-3-5-8-14-43(52)36-18-22-40-42(31-36)51(32-44(53)48-24-6-4-2)47(46(40)34-12-9-7-10-13-34)35-16-20-39(21-17-35)56-33-37-30-38(50-25-11-15-45(50)54)19-23-41(37)49-26-28-55-29-27-49/h3-4,16-23,30-31,34H,1-2,5-15,24-29,32-33H2,(H,48,53). The van der Waals surface area contributed by atoms with Gasteiger partial charge in [0.2, 0.25) is 11.8 Å². The third-order valence-electron chi connectivity index (χ3n) is 11.5.